The van der Waals surface area contributed by atoms with Gasteiger partial charge < -0.3 is 10.1 Å². The third-order valence-corrected chi connectivity index (χ3v) is 5.34. The Morgan fingerprint density at radius 3 is 2.43 bits per heavy atom. The molecule has 2 heterocycles. The van der Waals surface area contributed by atoms with E-state index >= 15 is 0 Å². The van der Waals surface area contributed by atoms with Gasteiger partial charge in [-0.2, -0.15) is 13.2 Å². The lowest BCUT2D eigenvalue weighted by Gasteiger charge is -2.21. The lowest BCUT2D eigenvalue weighted by Crippen LogP contribution is -2.15. The number of carboxylic acid groups (broad SMARTS) is 1. The quantitative estimate of drug-likeness (QED) is 0.859. The monoisotopic (exact) mass is 359 g/mol. The fourth-order valence-corrected chi connectivity index (χ4v) is 4.38. The number of alkyl halides is 3. The molecule has 0 amide bonds. The van der Waals surface area contributed by atoms with E-state index in [1.165, 1.54) is 17.5 Å². The maximum atomic E-state index is 12.7. The highest BCUT2D eigenvalue weighted by Gasteiger charge is 2.34. The summed E-state index contributed by atoms with van der Waals surface area (Å²) in [4.78, 5) is 25.7. The molecule has 0 radical (unpaired) electrons. The SMILES string of the molecule is O=C(O)C1=CSc2[nH]c(=O)sc2C1c1ccc(C(F)(F)F)cc1. The van der Waals surface area contributed by atoms with Crippen molar-refractivity contribution in [1.29, 1.82) is 0 Å². The van der Waals surface area contributed by atoms with Crippen LogP contribution in [-0.2, 0) is 11.0 Å². The van der Waals surface area contributed by atoms with E-state index in [0.29, 0.717) is 15.5 Å². The van der Waals surface area contributed by atoms with Crippen molar-refractivity contribution in [2.75, 3.05) is 0 Å². The number of aromatic amines is 1. The molecule has 0 aliphatic carbocycles. The topological polar surface area (TPSA) is 70.2 Å². The summed E-state index contributed by atoms with van der Waals surface area (Å²) in [5.41, 5.74) is -0.393. The zero-order chi connectivity index (χ0) is 16.8. The second-order valence-corrected chi connectivity index (χ2v) is 6.65. The second-order valence-electron chi connectivity index (χ2n) is 4.76. The number of thiazole rings is 1. The van der Waals surface area contributed by atoms with Crippen molar-refractivity contribution in [3.8, 4) is 0 Å². The molecule has 3 rings (SSSR count). The van der Waals surface area contributed by atoms with Crippen molar-refractivity contribution in [2.45, 2.75) is 17.1 Å². The van der Waals surface area contributed by atoms with Gasteiger partial charge in [0.15, 0.2) is 0 Å². The average molecular weight is 359 g/mol. The number of benzene rings is 1. The van der Waals surface area contributed by atoms with Gasteiger partial charge in [0.25, 0.3) is 0 Å². The molecule has 2 aromatic rings. The van der Waals surface area contributed by atoms with E-state index < -0.39 is 23.6 Å². The van der Waals surface area contributed by atoms with Crippen LogP contribution < -0.4 is 4.87 Å². The molecule has 1 aliphatic heterocycles. The highest BCUT2D eigenvalue weighted by molar-refractivity contribution is 8.02. The van der Waals surface area contributed by atoms with Crippen LogP contribution in [0, 0.1) is 0 Å². The molecule has 23 heavy (non-hydrogen) atoms. The molecule has 0 saturated carbocycles. The number of nitrogens with one attached hydrogen (secondary N) is 1. The zero-order valence-corrected chi connectivity index (χ0v) is 12.8. The van der Waals surface area contributed by atoms with Gasteiger partial charge in [0.1, 0.15) is 0 Å². The molecule has 1 aliphatic rings. The van der Waals surface area contributed by atoms with Crippen LogP contribution in [0.3, 0.4) is 0 Å². The summed E-state index contributed by atoms with van der Waals surface area (Å²) in [6.07, 6.45) is -4.46. The van der Waals surface area contributed by atoms with Crippen molar-refractivity contribution in [3.05, 3.63) is 60.9 Å². The molecular formula is C14H8F3NO3S2. The van der Waals surface area contributed by atoms with Crippen LogP contribution in [0.1, 0.15) is 21.9 Å². The molecule has 1 aromatic carbocycles. The van der Waals surface area contributed by atoms with Gasteiger partial charge in [-0.25, -0.2) is 4.79 Å². The summed E-state index contributed by atoms with van der Waals surface area (Å²) in [6, 6.07) is 4.31. The molecule has 120 valence electrons. The smallest absolute Gasteiger partial charge is 0.416 e. The molecule has 9 heteroatoms. The molecule has 1 atom stereocenters. The summed E-state index contributed by atoms with van der Waals surface area (Å²) in [6.45, 7) is 0. The highest BCUT2D eigenvalue weighted by Crippen LogP contribution is 2.44. The fourth-order valence-electron chi connectivity index (χ4n) is 2.30. The van der Waals surface area contributed by atoms with Crippen molar-refractivity contribution < 1.29 is 23.1 Å². The number of halogens is 3. The van der Waals surface area contributed by atoms with Crippen LogP contribution in [0.2, 0.25) is 0 Å². The standard InChI is InChI=1S/C14H8F3NO3S2/c15-14(16,17)7-3-1-6(2-4-7)9-8(12(19)20)5-22-11-10(9)23-13(21)18-11/h1-5,9H,(H,18,21)(H,19,20). The number of rotatable bonds is 2. The fraction of sp³-hybridized carbons (Fsp3) is 0.143. The minimum atomic E-state index is -4.46. The number of fused-ring (bicyclic) bond motifs is 1. The predicted molar refractivity (Wildman–Crippen MR) is 79.8 cm³/mol. The Kier molecular flexibility index (Phi) is 3.85. The number of carboxylic acids is 1. The molecule has 1 unspecified atom stereocenters. The number of H-pyrrole nitrogens is 1. The van der Waals surface area contributed by atoms with Gasteiger partial charge in [0.05, 0.1) is 27.0 Å². The van der Waals surface area contributed by atoms with Gasteiger partial charge in [-0.05, 0) is 23.1 Å². The number of thioether (sulfide) groups is 1. The molecule has 0 fully saturated rings. The van der Waals surface area contributed by atoms with Crippen LogP contribution in [-0.4, -0.2) is 16.1 Å². The van der Waals surface area contributed by atoms with E-state index in [9.17, 15) is 27.9 Å². The number of carbonyl (C=O) groups is 1. The maximum Gasteiger partial charge on any atom is 0.416 e. The molecule has 0 saturated heterocycles. The van der Waals surface area contributed by atoms with E-state index in [-0.39, 0.29) is 10.4 Å². The van der Waals surface area contributed by atoms with Crippen LogP contribution in [0.15, 0.2) is 45.1 Å². The lowest BCUT2D eigenvalue weighted by atomic mass is 9.90. The van der Waals surface area contributed by atoms with Crippen molar-refractivity contribution in [3.63, 3.8) is 0 Å². The number of aliphatic carboxylic acids is 1. The summed E-state index contributed by atoms with van der Waals surface area (Å²) >= 11 is 1.95. The molecule has 0 bridgehead atoms. The largest absolute Gasteiger partial charge is 0.478 e. The van der Waals surface area contributed by atoms with Crippen LogP contribution in [0.25, 0.3) is 0 Å². The van der Waals surface area contributed by atoms with Gasteiger partial charge in [-0.15, -0.1) is 0 Å². The van der Waals surface area contributed by atoms with Gasteiger partial charge in [0, 0.05) is 0 Å². The van der Waals surface area contributed by atoms with Crippen LogP contribution in [0.4, 0.5) is 13.2 Å². The molecule has 2 N–H and O–H groups in total. The normalized spacial score (nSPS) is 17.5. The Labute approximate surface area is 135 Å². The van der Waals surface area contributed by atoms with Crippen molar-refractivity contribution >= 4 is 29.1 Å². The molecule has 0 spiro atoms. The minimum absolute atomic E-state index is 0.0255. The summed E-state index contributed by atoms with van der Waals surface area (Å²) in [5, 5.41) is 11.3. The first kappa shape index (κ1) is 15.9. The van der Waals surface area contributed by atoms with Gasteiger partial charge in [-0.1, -0.05) is 35.2 Å². The van der Waals surface area contributed by atoms with E-state index in [1.807, 2.05) is 0 Å². The third kappa shape index (κ3) is 2.93. The number of aromatic nitrogens is 1. The highest BCUT2D eigenvalue weighted by atomic mass is 32.2. The van der Waals surface area contributed by atoms with E-state index in [2.05, 4.69) is 4.98 Å². The second kappa shape index (κ2) is 5.57. The Balaban J connectivity index is 2.10. The van der Waals surface area contributed by atoms with Crippen LogP contribution in [0.5, 0.6) is 0 Å². The molecule has 4 nitrogen and oxygen atoms in total. The van der Waals surface area contributed by atoms with E-state index in [1.54, 1.807) is 0 Å². The Hall–Kier alpha value is -2.00. The first-order chi connectivity index (χ1) is 10.8. The van der Waals surface area contributed by atoms with Gasteiger partial charge in [0.2, 0.25) is 0 Å². The number of hydrogen-bond acceptors (Lipinski definition) is 4. The Bertz CT molecular complexity index is 849. The summed E-state index contributed by atoms with van der Waals surface area (Å²) < 4.78 is 38.0. The van der Waals surface area contributed by atoms with E-state index in [4.69, 9.17) is 0 Å². The van der Waals surface area contributed by atoms with E-state index in [0.717, 1.165) is 35.2 Å². The van der Waals surface area contributed by atoms with Crippen LogP contribution >= 0.6 is 23.1 Å². The Morgan fingerprint density at radius 1 is 1.22 bits per heavy atom. The summed E-state index contributed by atoms with van der Waals surface area (Å²) in [7, 11) is 0. The lowest BCUT2D eigenvalue weighted by molar-refractivity contribution is -0.137. The first-order valence-corrected chi connectivity index (χ1v) is 7.97. The maximum absolute atomic E-state index is 12.7. The average Bonchev–Trinajstić information content (AvgIpc) is 2.85. The first-order valence-electron chi connectivity index (χ1n) is 6.27. The minimum Gasteiger partial charge on any atom is -0.478 e. The third-order valence-electron chi connectivity index (χ3n) is 3.34. The number of hydrogen-bond donors (Lipinski definition) is 2. The van der Waals surface area contributed by atoms with Crippen molar-refractivity contribution in [1.82, 2.24) is 4.98 Å². The van der Waals surface area contributed by atoms with Gasteiger partial charge in [-0.3, -0.25) is 4.79 Å². The molecule has 1 aromatic heterocycles. The predicted octanol–water partition coefficient (Wildman–Crippen LogP) is 3.66. The Morgan fingerprint density at radius 2 is 1.87 bits per heavy atom. The van der Waals surface area contributed by atoms with Gasteiger partial charge >= 0.3 is 17.0 Å². The zero-order valence-electron chi connectivity index (χ0n) is 11.2. The van der Waals surface area contributed by atoms with Crippen molar-refractivity contribution in [2.24, 2.45) is 0 Å². The summed E-state index contributed by atoms with van der Waals surface area (Å²) in [5.74, 6) is -1.94. The molecular weight excluding hydrogens is 351 g/mol.